The van der Waals surface area contributed by atoms with Crippen molar-refractivity contribution in [2.24, 2.45) is 5.92 Å². The molecule has 1 unspecified atom stereocenters. The molecule has 0 saturated carbocycles. The number of fused-ring (bicyclic) bond motifs is 1. The van der Waals surface area contributed by atoms with Crippen molar-refractivity contribution in [1.29, 1.82) is 0 Å². The molecule has 0 bridgehead atoms. The van der Waals surface area contributed by atoms with E-state index in [4.69, 9.17) is 5.11 Å². The second kappa shape index (κ2) is 5.56. The minimum atomic E-state index is -0.939. The predicted octanol–water partition coefficient (Wildman–Crippen LogP) is 2.98. The van der Waals surface area contributed by atoms with Gasteiger partial charge >= 0.3 is 5.97 Å². The second-order valence-corrected chi connectivity index (χ2v) is 5.66. The number of para-hydroxylation sites is 1. The summed E-state index contributed by atoms with van der Waals surface area (Å²) in [4.78, 5) is 17.5. The largest absolute Gasteiger partial charge is 0.478 e. The van der Waals surface area contributed by atoms with Crippen molar-refractivity contribution in [2.45, 2.75) is 19.9 Å². The van der Waals surface area contributed by atoms with Crippen molar-refractivity contribution in [3.63, 3.8) is 0 Å². The molecule has 108 valence electrons. The molecule has 3 rings (SSSR count). The number of carbonyl (C=O) groups is 1. The summed E-state index contributed by atoms with van der Waals surface area (Å²) in [5.41, 5.74) is 3.76. The van der Waals surface area contributed by atoms with Gasteiger partial charge in [-0.05, 0) is 36.1 Å². The topological polar surface area (TPSA) is 53.4 Å². The van der Waals surface area contributed by atoms with Crippen molar-refractivity contribution in [2.75, 3.05) is 11.4 Å². The molecule has 21 heavy (non-hydrogen) atoms. The van der Waals surface area contributed by atoms with E-state index in [0.29, 0.717) is 12.5 Å². The highest BCUT2D eigenvalue weighted by atomic mass is 16.4. The maximum Gasteiger partial charge on any atom is 0.337 e. The number of rotatable bonds is 3. The zero-order chi connectivity index (χ0) is 14.8. The number of benzene rings is 1. The minimum Gasteiger partial charge on any atom is -0.478 e. The van der Waals surface area contributed by atoms with Gasteiger partial charge in [0.25, 0.3) is 0 Å². The van der Waals surface area contributed by atoms with Gasteiger partial charge in [0.2, 0.25) is 0 Å². The van der Waals surface area contributed by atoms with Crippen LogP contribution in [0.5, 0.6) is 0 Å². The van der Waals surface area contributed by atoms with Gasteiger partial charge in [-0.15, -0.1) is 0 Å². The molecule has 0 aliphatic carbocycles. The van der Waals surface area contributed by atoms with E-state index in [0.717, 1.165) is 18.7 Å². The van der Waals surface area contributed by atoms with Gasteiger partial charge in [-0.25, -0.2) is 4.79 Å². The molecule has 1 aliphatic rings. The third kappa shape index (κ3) is 2.89. The first kappa shape index (κ1) is 13.6. The van der Waals surface area contributed by atoms with Crippen LogP contribution >= 0.6 is 0 Å². The lowest BCUT2D eigenvalue weighted by molar-refractivity contribution is 0.0696. The number of carboxylic acids is 1. The number of pyridine rings is 1. The molecule has 2 heterocycles. The van der Waals surface area contributed by atoms with Crippen LogP contribution in [0, 0.1) is 5.92 Å². The van der Waals surface area contributed by atoms with Crippen molar-refractivity contribution in [1.82, 2.24) is 4.98 Å². The number of hydrogen-bond acceptors (Lipinski definition) is 3. The molecule has 4 nitrogen and oxygen atoms in total. The monoisotopic (exact) mass is 282 g/mol. The van der Waals surface area contributed by atoms with E-state index in [1.54, 1.807) is 12.1 Å². The fourth-order valence-electron chi connectivity index (χ4n) is 2.90. The number of anilines is 1. The molecule has 2 aromatic rings. The number of hydrogen-bond donors (Lipinski definition) is 1. The van der Waals surface area contributed by atoms with Crippen molar-refractivity contribution in [3.05, 3.63) is 59.4 Å². The molecule has 0 spiro atoms. The van der Waals surface area contributed by atoms with Crippen molar-refractivity contribution < 1.29 is 9.90 Å². The fraction of sp³-hybridized carbons (Fsp3) is 0.294. The average Bonchev–Trinajstić information content (AvgIpc) is 2.47. The summed E-state index contributed by atoms with van der Waals surface area (Å²) < 4.78 is 0. The van der Waals surface area contributed by atoms with Gasteiger partial charge in [0.1, 0.15) is 0 Å². The Morgan fingerprint density at radius 3 is 2.86 bits per heavy atom. The standard InChI is InChI=1S/C17H18N2O2/c1-12-8-13-4-2-3-5-16(13)19(10-12)11-15-7-6-14(9-18-15)17(20)21/h2-7,9,12H,8,10-11H2,1H3,(H,20,21). The molecule has 4 heteroatoms. The van der Waals surface area contributed by atoms with Crippen LogP contribution in [0.2, 0.25) is 0 Å². The first-order valence-corrected chi connectivity index (χ1v) is 7.14. The van der Waals surface area contributed by atoms with Gasteiger partial charge in [0, 0.05) is 18.4 Å². The predicted molar refractivity (Wildman–Crippen MR) is 81.6 cm³/mol. The molecule has 1 aromatic heterocycles. The first-order chi connectivity index (χ1) is 10.1. The first-order valence-electron chi connectivity index (χ1n) is 7.14. The third-order valence-electron chi connectivity index (χ3n) is 3.86. The summed E-state index contributed by atoms with van der Waals surface area (Å²) in [6.45, 7) is 3.96. The van der Waals surface area contributed by atoms with E-state index in [1.807, 2.05) is 0 Å². The lowest BCUT2D eigenvalue weighted by atomic mass is 9.94. The molecule has 1 atom stereocenters. The summed E-state index contributed by atoms with van der Waals surface area (Å²) in [7, 11) is 0. The summed E-state index contributed by atoms with van der Waals surface area (Å²) in [6, 6.07) is 11.9. The molecular formula is C17H18N2O2. The van der Waals surface area contributed by atoms with Gasteiger partial charge < -0.3 is 10.0 Å². The van der Waals surface area contributed by atoms with E-state index < -0.39 is 5.97 Å². The Bertz CT molecular complexity index is 652. The van der Waals surface area contributed by atoms with Crippen molar-refractivity contribution in [3.8, 4) is 0 Å². The molecular weight excluding hydrogens is 264 g/mol. The van der Waals surface area contributed by atoms with Crippen LogP contribution in [-0.2, 0) is 13.0 Å². The lowest BCUT2D eigenvalue weighted by Gasteiger charge is -2.34. The maximum atomic E-state index is 10.9. The zero-order valence-electron chi connectivity index (χ0n) is 12.0. The summed E-state index contributed by atoms with van der Waals surface area (Å²) in [5, 5.41) is 8.91. The number of aromatic carboxylic acids is 1. The van der Waals surface area contributed by atoms with E-state index in [1.165, 1.54) is 17.4 Å². The van der Waals surface area contributed by atoms with E-state index >= 15 is 0 Å². The molecule has 0 fully saturated rings. The Morgan fingerprint density at radius 2 is 2.14 bits per heavy atom. The van der Waals surface area contributed by atoms with Crippen LogP contribution in [-0.4, -0.2) is 22.6 Å². The highest BCUT2D eigenvalue weighted by Crippen LogP contribution is 2.30. The van der Waals surface area contributed by atoms with Crippen LogP contribution in [0.25, 0.3) is 0 Å². The fourth-order valence-corrected chi connectivity index (χ4v) is 2.90. The Morgan fingerprint density at radius 1 is 1.33 bits per heavy atom. The highest BCUT2D eigenvalue weighted by Gasteiger charge is 2.21. The van der Waals surface area contributed by atoms with Crippen LogP contribution in [0.1, 0.15) is 28.5 Å². The normalized spacial score (nSPS) is 17.4. The summed E-state index contributed by atoms with van der Waals surface area (Å²) in [5.74, 6) is -0.329. The Hall–Kier alpha value is -2.36. The average molecular weight is 282 g/mol. The Labute approximate surface area is 124 Å². The highest BCUT2D eigenvalue weighted by molar-refractivity contribution is 5.87. The van der Waals surface area contributed by atoms with Crippen LogP contribution in [0.4, 0.5) is 5.69 Å². The second-order valence-electron chi connectivity index (χ2n) is 5.66. The molecule has 0 saturated heterocycles. The van der Waals surface area contributed by atoms with Gasteiger partial charge in [0.15, 0.2) is 0 Å². The maximum absolute atomic E-state index is 10.9. The molecule has 1 aliphatic heterocycles. The van der Waals surface area contributed by atoms with Gasteiger partial charge in [-0.1, -0.05) is 25.1 Å². The third-order valence-corrected chi connectivity index (χ3v) is 3.86. The Balaban J connectivity index is 1.83. The quantitative estimate of drug-likeness (QED) is 0.940. The molecule has 1 N–H and O–H groups in total. The van der Waals surface area contributed by atoms with Gasteiger partial charge in [-0.2, -0.15) is 0 Å². The van der Waals surface area contributed by atoms with Gasteiger partial charge in [0.05, 0.1) is 17.8 Å². The summed E-state index contributed by atoms with van der Waals surface area (Å²) in [6.07, 6.45) is 2.54. The van der Waals surface area contributed by atoms with Crippen LogP contribution in [0.3, 0.4) is 0 Å². The smallest absolute Gasteiger partial charge is 0.337 e. The number of nitrogens with zero attached hydrogens (tertiary/aromatic N) is 2. The molecule has 0 radical (unpaired) electrons. The molecule has 0 amide bonds. The minimum absolute atomic E-state index is 0.228. The van der Waals surface area contributed by atoms with E-state index in [2.05, 4.69) is 41.1 Å². The van der Waals surface area contributed by atoms with Gasteiger partial charge in [-0.3, -0.25) is 4.98 Å². The van der Waals surface area contributed by atoms with E-state index in [-0.39, 0.29) is 5.56 Å². The SMILES string of the molecule is CC1Cc2ccccc2N(Cc2ccc(C(=O)O)cn2)C1. The number of carboxylic acid groups (broad SMARTS) is 1. The van der Waals surface area contributed by atoms with Crippen molar-refractivity contribution >= 4 is 11.7 Å². The Kier molecular flexibility index (Phi) is 3.60. The summed E-state index contributed by atoms with van der Waals surface area (Å²) >= 11 is 0. The van der Waals surface area contributed by atoms with Crippen LogP contribution in [0.15, 0.2) is 42.6 Å². The lowest BCUT2D eigenvalue weighted by Crippen LogP contribution is -2.34. The van der Waals surface area contributed by atoms with E-state index in [9.17, 15) is 4.79 Å². The number of aromatic nitrogens is 1. The van der Waals surface area contributed by atoms with Crippen LogP contribution < -0.4 is 4.90 Å². The zero-order valence-corrected chi connectivity index (χ0v) is 12.0. The molecule has 1 aromatic carbocycles.